The fourth-order valence-electron chi connectivity index (χ4n) is 1.82. The summed E-state index contributed by atoms with van der Waals surface area (Å²) in [6.45, 7) is 3.13. The molecule has 0 aliphatic carbocycles. The maximum atomic E-state index is 11.9. The van der Waals surface area contributed by atoms with Crippen LogP contribution in [0.3, 0.4) is 0 Å². The Morgan fingerprint density at radius 1 is 1.33 bits per heavy atom. The number of nitrogens with zero attached hydrogens (tertiary/aromatic N) is 1. The molecule has 0 radical (unpaired) electrons. The van der Waals surface area contributed by atoms with Gasteiger partial charge in [-0.15, -0.1) is 0 Å². The van der Waals surface area contributed by atoms with Crippen LogP contribution in [0.25, 0.3) is 0 Å². The number of carbonyl (C=O) groups excluding carboxylic acids is 1. The Balaban J connectivity index is 1.91. The van der Waals surface area contributed by atoms with Gasteiger partial charge >= 0.3 is 0 Å². The average molecular weight is 244 g/mol. The van der Waals surface area contributed by atoms with Crippen molar-refractivity contribution < 1.29 is 9.90 Å². The van der Waals surface area contributed by atoms with E-state index in [4.69, 9.17) is 0 Å². The van der Waals surface area contributed by atoms with Crippen molar-refractivity contribution in [3.63, 3.8) is 0 Å². The lowest BCUT2D eigenvalue weighted by Crippen LogP contribution is -2.27. The van der Waals surface area contributed by atoms with Gasteiger partial charge in [0.25, 0.3) is 5.91 Å². The van der Waals surface area contributed by atoms with E-state index >= 15 is 0 Å². The van der Waals surface area contributed by atoms with Crippen molar-refractivity contribution in [3.8, 4) is 5.75 Å². The molecule has 0 aliphatic rings. The second-order valence-corrected chi connectivity index (χ2v) is 4.18. The molecule has 0 fully saturated rings. The van der Waals surface area contributed by atoms with Gasteiger partial charge in [0.15, 0.2) is 0 Å². The molecule has 2 N–H and O–H groups in total. The Morgan fingerprint density at radius 2 is 2.06 bits per heavy atom. The maximum absolute atomic E-state index is 11.9. The van der Waals surface area contributed by atoms with E-state index in [0.717, 1.165) is 12.1 Å². The number of aryl methyl sites for hydroxylation is 1. The summed E-state index contributed by atoms with van der Waals surface area (Å²) < 4.78 is 2.00. The predicted molar refractivity (Wildman–Crippen MR) is 69.6 cm³/mol. The van der Waals surface area contributed by atoms with Crippen LogP contribution < -0.4 is 5.32 Å². The zero-order valence-electron chi connectivity index (χ0n) is 10.3. The molecule has 2 rings (SSSR count). The van der Waals surface area contributed by atoms with Crippen LogP contribution in [0.15, 0.2) is 42.7 Å². The van der Waals surface area contributed by atoms with Gasteiger partial charge in [0.1, 0.15) is 5.75 Å². The number of phenols is 1. The third-order valence-corrected chi connectivity index (χ3v) is 2.78. The van der Waals surface area contributed by atoms with Gasteiger partial charge < -0.3 is 15.0 Å². The van der Waals surface area contributed by atoms with Gasteiger partial charge in [0.05, 0.1) is 0 Å². The number of benzene rings is 1. The summed E-state index contributed by atoms with van der Waals surface area (Å²) in [4.78, 5) is 11.9. The number of amides is 1. The molecule has 18 heavy (non-hydrogen) atoms. The molecule has 94 valence electrons. The number of carbonyl (C=O) groups is 1. The lowest BCUT2D eigenvalue weighted by Gasteiger charge is -2.08. The van der Waals surface area contributed by atoms with E-state index in [1.165, 1.54) is 6.07 Å². The topological polar surface area (TPSA) is 54.3 Å². The summed E-state index contributed by atoms with van der Waals surface area (Å²) >= 11 is 0. The Hall–Kier alpha value is -2.23. The fourth-order valence-corrected chi connectivity index (χ4v) is 1.82. The van der Waals surface area contributed by atoms with Gasteiger partial charge in [0, 0.05) is 31.0 Å². The van der Waals surface area contributed by atoms with Crippen LogP contribution in [-0.2, 0) is 6.54 Å². The molecular weight excluding hydrogens is 228 g/mol. The van der Waals surface area contributed by atoms with Gasteiger partial charge in [0.2, 0.25) is 0 Å². The minimum absolute atomic E-state index is 0.111. The molecule has 0 saturated heterocycles. The third kappa shape index (κ3) is 2.91. The first-order valence-corrected chi connectivity index (χ1v) is 5.85. The quantitative estimate of drug-likeness (QED) is 0.863. The highest BCUT2D eigenvalue weighted by Crippen LogP contribution is 2.15. The van der Waals surface area contributed by atoms with Crippen LogP contribution in [0, 0.1) is 6.92 Å². The summed E-state index contributed by atoms with van der Waals surface area (Å²) in [5.41, 5.74) is 1.37. The maximum Gasteiger partial charge on any atom is 0.251 e. The highest BCUT2D eigenvalue weighted by Gasteiger charge is 2.08. The van der Waals surface area contributed by atoms with E-state index < -0.39 is 0 Å². The monoisotopic (exact) mass is 244 g/mol. The molecule has 0 atom stereocenters. The third-order valence-electron chi connectivity index (χ3n) is 2.78. The molecule has 0 unspecified atom stereocenters. The highest BCUT2D eigenvalue weighted by atomic mass is 16.3. The van der Waals surface area contributed by atoms with Crippen molar-refractivity contribution in [3.05, 3.63) is 53.9 Å². The fraction of sp³-hybridized carbons (Fsp3) is 0.214. The summed E-state index contributed by atoms with van der Waals surface area (Å²) in [6.07, 6.45) is 3.91. The molecule has 0 aliphatic heterocycles. The first kappa shape index (κ1) is 12.2. The first-order chi connectivity index (χ1) is 8.66. The zero-order chi connectivity index (χ0) is 13.0. The second kappa shape index (κ2) is 5.40. The lowest BCUT2D eigenvalue weighted by atomic mass is 10.1. The van der Waals surface area contributed by atoms with E-state index in [2.05, 4.69) is 5.32 Å². The van der Waals surface area contributed by atoms with Crippen LogP contribution in [0.2, 0.25) is 0 Å². The number of nitrogens with one attached hydrogen (secondary N) is 1. The van der Waals surface area contributed by atoms with Gasteiger partial charge in [-0.3, -0.25) is 4.79 Å². The van der Waals surface area contributed by atoms with E-state index in [9.17, 15) is 9.90 Å². The molecule has 0 spiro atoms. The molecule has 1 amide bonds. The number of aromatic nitrogens is 1. The van der Waals surface area contributed by atoms with E-state index in [1.54, 1.807) is 19.1 Å². The van der Waals surface area contributed by atoms with E-state index in [0.29, 0.717) is 12.1 Å². The standard InChI is InChI=1S/C14H16N2O2/c1-11-10-12(17)4-5-13(11)14(18)15-6-9-16-7-2-3-8-16/h2-5,7-8,10,17H,6,9H2,1H3,(H,15,18). The number of aromatic hydroxyl groups is 1. The van der Waals surface area contributed by atoms with Gasteiger partial charge in [-0.25, -0.2) is 0 Å². The largest absolute Gasteiger partial charge is 0.508 e. The molecule has 1 heterocycles. The van der Waals surface area contributed by atoms with Crippen molar-refractivity contribution >= 4 is 5.91 Å². The minimum atomic E-state index is -0.111. The molecular formula is C14H16N2O2. The minimum Gasteiger partial charge on any atom is -0.508 e. The molecule has 0 bridgehead atoms. The summed E-state index contributed by atoms with van der Waals surface area (Å²) in [7, 11) is 0. The van der Waals surface area contributed by atoms with E-state index in [1.807, 2.05) is 29.1 Å². The zero-order valence-corrected chi connectivity index (χ0v) is 10.3. The molecule has 1 aromatic heterocycles. The molecule has 2 aromatic rings. The Morgan fingerprint density at radius 3 is 2.72 bits per heavy atom. The molecule has 4 nitrogen and oxygen atoms in total. The highest BCUT2D eigenvalue weighted by molar-refractivity contribution is 5.95. The predicted octanol–water partition coefficient (Wildman–Crippen LogP) is 1.93. The number of phenolic OH excluding ortho intramolecular Hbond substituents is 1. The van der Waals surface area contributed by atoms with Crippen molar-refractivity contribution in [2.75, 3.05) is 6.54 Å². The van der Waals surface area contributed by atoms with Crippen LogP contribution in [-0.4, -0.2) is 22.1 Å². The number of hydrogen-bond acceptors (Lipinski definition) is 2. The SMILES string of the molecule is Cc1cc(O)ccc1C(=O)NCCn1cccc1. The van der Waals surface area contributed by atoms with Gasteiger partial charge in [-0.2, -0.15) is 0 Å². The van der Waals surface area contributed by atoms with Crippen LogP contribution in [0.1, 0.15) is 15.9 Å². The number of rotatable bonds is 4. The van der Waals surface area contributed by atoms with Gasteiger partial charge in [-0.1, -0.05) is 0 Å². The average Bonchev–Trinajstić information content (AvgIpc) is 2.81. The van der Waals surface area contributed by atoms with E-state index in [-0.39, 0.29) is 11.7 Å². The number of hydrogen-bond donors (Lipinski definition) is 2. The molecule has 4 heteroatoms. The van der Waals surface area contributed by atoms with Crippen molar-refractivity contribution in [1.29, 1.82) is 0 Å². The first-order valence-electron chi connectivity index (χ1n) is 5.85. The van der Waals surface area contributed by atoms with Gasteiger partial charge in [-0.05, 0) is 42.8 Å². The van der Waals surface area contributed by atoms with Crippen LogP contribution >= 0.6 is 0 Å². The summed E-state index contributed by atoms with van der Waals surface area (Å²) in [6, 6.07) is 8.64. The van der Waals surface area contributed by atoms with Crippen LogP contribution in [0.5, 0.6) is 5.75 Å². The summed E-state index contributed by atoms with van der Waals surface area (Å²) in [5.74, 6) is 0.0658. The Bertz CT molecular complexity index is 533. The molecule has 1 aromatic carbocycles. The van der Waals surface area contributed by atoms with Crippen LogP contribution in [0.4, 0.5) is 0 Å². The summed E-state index contributed by atoms with van der Waals surface area (Å²) in [5, 5.41) is 12.1. The van der Waals surface area contributed by atoms with Crippen molar-refractivity contribution in [2.24, 2.45) is 0 Å². The van der Waals surface area contributed by atoms with Crippen molar-refractivity contribution in [1.82, 2.24) is 9.88 Å². The Kier molecular flexibility index (Phi) is 3.67. The van der Waals surface area contributed by atoms with Crippen molar-refractivity contribution in [2.45, 2.75) is 13.5 Å². The normalized spacial score (nSPS) is 10.3. The molecule has 0 saturated carbocycles. The lowest BCUT2D eigenvalue weighted by molar-refractivity contribution is 0.0951. The smallest absolute Gasteiger partial charge is 0.251 e. The Labute approximate surface area is 106 Å². The second-order valence-electron chi connectivity index (χ2n) is 4.18.